The zero-order valence-electron chi connectivity index (χ0n) is 23.2. The van der Waals surface area contributed by atoms with Crippen molar-refractivity contribution < 1.29 is 14.3 Å². The van der Waals surface area contributed by atoms with E-state index in [2.05, 4.69) is 73.3 Å². The lowest BCUT2D eigenvalue weighted by molar-refractivity contribution is 0.0691. The third kappa shape index (κ3) is 5.96. The number of aromatic nitrogens is 5. The molecule has 5 aromatic rings. The fraction of sp³-hybridized carbons (Fsp3) is 0.219. The maximum absolute atomic E-state index is 13.5. The lowest BCUT2D eigenvalue weighted by Gasteiger charge is -2.16. The first-order valence-corrected chi connectivity index (χ1v) is 13.6. The molecule has 0 bridgehead atoms. The Labute approximate surface area is 241 Å². The minimum Gasteiger partial charge on any atom is -0.478 e. The van der Waals surface area contributed by atoms with Crippen LogP contribution in [0.2, 0.25) is 0 Å². The number of nitrogens with one attached hydrogen (secondary N) is 2. The topological polar surface area (TPSA) is 126 Å². The Balaban J connectivity index is 0.000000180. The highest BCUT2D eigenvalue weighted by Crippen LogP contribution is 2.24. The fourth-order valence-electron chi connectivity index (χ4n) is 4.95. The Hall–Kier alpha value is -5.14. The van der Waals surface area contributed by atoms with E-state index < -0.39 is 17.3 Å². The third-order valence-corrected chi connectivity index (χ3v) is 7.03. The summed E-state index contributed by atoms with van der Waals surface area (Å²) < 4.78 is 15.8. The molecule has 9 nitrogen and oxygen atoms in total. The summed E-state index contributed by atoms with van der Waals surface area (Å²) in [6.45, 7) is 6.66. The van der Waals surface area contributed by atoms with Crippen LogP contribution in [0.3, 0.4) is 0 Å². The van der Waals surface area contributed by atoms with Gasteiger partial charge < -0.3 is 15.0 Å². The van der Waals surface area contributed by atoms with Crippen LogP contribution in [0.5, 0.6) is 0 Å². The van der Waals surface area contributed by atoms with Gasteiger partial charge in [-0.05, 0) is 54.8 Å². The second kappa shape index (κ2) is 12.6. The van der Waals surface area contributed by atoms with Crippen molar-refractivity contribution in [3.8, 4) is 23.2 Å². The van der Waals surface area contributed by atoms with Crippen LogP contribution in [-0.2, 0) is 25.9 Å². The zero-order chi connectivity index (χ0) is 29.6. The molecular formula is C32H29FN6O3. The molecule has 0 saturated carbocycles. The monoisotopic (exact) mass is 564 g/mol. The highest BCUT2D eigenvalue weighted by atomic mass is 19.1. The van der Waals surface area contributed by atoms with Gasteiger partial charge in [0.25, 0.3) is 5.56 Å². The first-order valence-electron chi connectivity index (χ1n) is 13.6. The molecule has 10 heteroatoms. The van der Waals surface area contributed by atoms with Crippen molar-refractivity contribution in [1.82, 2.24) is 30.3 Å². The van der Waals surface area contributed by atoms with Gasteiger partial charge in [-0.1, -0.05) is 43.2 Å². The second-order valence-corrected chi connectivity index (χ2v) is 9.71. The number of nitrogens with zero attached hydrogens (tertiary/aromatic N) is 4. The molecule has 0 spiro atoms. The van der Waals surface area contributed by atoms with E-state index in [0.29, 0.717) is 22.0 Å². The number of aromatic carboxylic acids is 1. The first-order chi connectivity index (χ1) is 20.4. The van der Waals surface area contributed by atoms with Gasteiger partial charge in [-0.15, -0.1) is 16.1 Å². The van der Waals surface area contributed by atoms with Crippen molar-refractivity contribution in [3.05, 3.63) is 111 Å². The van der Waals surface area contributed by atoms with Crippen LogP contribution in [-0.4, -0.2) is 42.6 Å². The molecule has 3 N–H and O–H groups in total. The van der Waals surface area contributed by atoms with E-state index in [1.54, 1.807) is 25.1 Å². The molecular weight excluding hydrogens is 535 g/mol. The molecule has 0 radical (unpaired) electrons. The van der Waals surface area contributed by atoms with Crippen molar-refractivity contribution in [2.75, 3.05) is 6.54 Å². The average molecular weight is 565 g/mol. The van der Waals surface area contributed by atoms with E-state index in [-0.39, 0.29) is 12.0 Å². The van der Waals surface area contributed by atoms with E-state index in [1.165, 1.54) is 23.3 Å². The average Bonchev–Trinajstić information content (AvgIpc) is 3.44. The number of carbonyl (C=O) groups is 1. The molecule has 212 valence electrons. The molecule has 0 saturated heterocycles. The van der Waals surface area contributed by atoms with Crippen molar-refractivity contribution in [3.63, 3.8) is 0 Å². The standard InChI is InChI=1S/C19H13FN2O3.C13H16N4/c1-2-3-11-4-6-13-14(8-11)17(21-22-18(13)23)10-12-5-7-16(20)15(9-12)19(24)25;1-2-10-5-3-4-6-11(10)13-16-15-12-9-14-7-8-17(12)13/h4-9H,10H2,1H3,(H,22,23)(H,24,25);3-6,14H,2,7-9H2,1H3. The molecule has 0 unspecified atom stereocenters. The molecule has 2 aromatic heterocycles. The number of rotatable bonds is 5. The van der Waals surface area contributed by atoms with Gasteiger partial charge in [-0.25, -0.2) is 14.3 Å². The number of aryl methyl sites for hydroxylation is 1. The molecule has 6 rings (SSSR count). The number of aromatic amines is 1. The summed E-state index contributed by atoms with van der Waals surface area (Å²) in [4.78, 5) is 23.0. The van der Waals surface area contributed by atoms with E-state index in [9.17, 15) is 14.0 Å². The number of hydrogen-bond acceptors (Lipinski definition) is 6. The van der Waals surface area contributed by atoms with Crippen molar-refractivity contribution in [2.24, 2.45) is 0 Å². The smallest absolute Gasteiger partial charge is 0.338 e. The van der Waals surface area contributed by atoms with Gasteiger partial charge in [-0.3, -0.25) is 4.79 Å². The molecule has 0 atom stereocenters. The molecule has 42 heavy (non-hydrogen) atoms. The normalized spacial score (nSPS) is 12.1. The second-order valence-electron chi connectivity index (χ2n) is 9.71. The number of carboxylic acid groups (broad SMARTS) is 1. The number of fused-ring (bicyclic) bond motifs is 2. The van der Waals surface area contributed by atoms with E-state index in [1.807, 2.05) is 0 Å². The Kier molecular flexibility index (Phi) is 8.50. The van der Waals surface area contributed by atoms with E-state index in [4.69, 9.17) is 5.11 Å². The summed E-state index contributed by atoms with van der Waals surface area (Å²) in [5.41, 5.74) is 3.71. The van der Waals surface area contributed by atoms with Gasteiger partial charge in [0, 0.05) is 36.0 Å². The number of benzene rings is 3. The minimum atomic E-state index is -1.33. The third-order valence-electron chi connectivity index (χ3n) is 7.03. The number of H-pyrrole nitrogens is 1. The molecule has 3 heterocycles. The molecule has 1 aliphatic rings. The van der Waals surface area contributed by atoms with Gasteiger partial charge >= 0.3 is 5.97 Å². The van der Waals surface area contributed by atoms with Crippen LogP contribution in [0.25, 0.3) is 22.2 Å². The van der Waals surface area contributed by atoms with Crippen LogP contribution < -0.4 is 10.9 Å². The van der Waals surface area contributed by atoms with Gasteiger partial charge in [-0.2, -0.15) is 5.10 Å². The van der Waals surface area contributed by atoms with Crippen LogP contribution in [0.1, 0.15) is 52.4 Å². The Morgan fingerprint density at radius 2 is 1.93 bits per heavy atom. The van der Waals surface area contributed by atoms with Crippen molar-refractivity contribution in [2.45, 2.75) is 39.8 Å². The highest BCUT2D eigenvalue weighted by Gasteiger charge is 2.18. The van der Waals surface area contributed by atoms with Crippen molar-refractivity contribution >= 4 is 16.7 Å². The summed E-state index contributed by atoms with van der Waals surface area (Å²) in [6.07, 6.45) is 1.27. The molecule has 1 aliphatic heterocycles. The minimum absolute atomic E-state index is 0.247. The predicted octanol–water partition coefficient (Wildman–Crippen LogP) is 4.33. The summed E-state index contributed by atoms with van der Waals surface area (Å²) >= 11 is 0. The SMILES string of the molecule is CC#Cc1ccc2c(=O)[nH]nc(Cc3ccc(F)c(C(=O)O)c3)c2c1.CCc1ccccc1-c1nnc2n1CCNC2. The molecule has 0 fully saturated rings. The maximum Gasteiger partial charge on any atom is 0.338 e. The van der Waals surface area contributed by atoms with Gasteiger partial charge in [0.15, 0.2) is 5.82 Å². The summed E-state index contributed by atoms with van der Waals surface area (Å²) in [5.74, 6) is 5.64. The Morgan fingerprint density at radius 3 is 2.71 bits per heavy atom. The zero-order valence-corrected chi connectivity index (χ0v) is 23.2. The number of halogens is 1. The van der Waals surface area contributed by atoms with Crippen LogP contribution in [0.15, 0.2) is 65.5 Å². The van der Waals surface area contributed by atoms with Crippen LogP contribution in [0, 0.1) is 17.7 Å². The lowest BCUT2D eigenvalue weighted by atomic mass is 10.0. The quantitative estimate of drug-likeness (QED) is 0.271. The maximum atomic E-state index is 13.5. The molecule has 3 aromatic carbocycles. The van der Waals surface area contributed by atoms with Gasteiger partial charge in [0.2, 0.25) is 0 Å². The molecule has 0 amide bonds. The van der Waals surface area contributed by atoms with Crippen LogP contribution >= 0.6 is 0 Å². The van der Waals surface area contributed by atoms with Crippen LogP contribution in [0.4, 0.5) is 4.39 Å². The fourth-order valence-corrected chi connectivity index (χ4v) is 4.95. The van der Waals surface area contributed by atoms with E-state index >= 15 is 0 Å². The first kappa shape index (κ1) is 28.4. The number of carboxylic acids is 1. The lowest BCUT2D eigenvalue weighted by Crippen LogP contribution is -2.28. The van der Waals surface area contributed by atoms with Crippen molar-refractivity contribution in [1.29, 1.82) is 0 Å². The largest absolute Gasteiger partial charge is 0.478 e. The summed E-state index contributed by atoms with van der Waals surface area (Å²) in [5, 5.41) is 28.6. The Morgan fingerprint density at radius 1 is 1.10 bits per heavy atom. The van der Waals surface area contributed by atoms with E-state index in [0.717, 1.165) is 49.3 Å². The van der Waals surface area contributed by atoms with Gasteiger partial charge in [0.05, 0.1) is 23.2 Å². The predicted molar refractivity (Wildman–Crippen MR) is 158 cm³/mol. The molecule has 0 aliphatic carbocycles. The Bertz CT molecular complexity index is 1900. The van der Waals surface area contributed by atoms with Gasteiger partial charge in [0.1, 0.15) is 11.6 Å². The summed E-state index contributed by atoms with van der Waals surface area (Å²) in [7, 11) is 0. The summed E-state index contributed by atoms with van der Waals surface area (Å²) in [6, 6.07) is 17.5. The highest BCUT2D eigenvalue weighted by molar-refractivity contribution is 5.88. The number of hydrogen-bond donors (Lipinski definition) is 3.